The number of hydrogen-bond donors (Lipinski definition) is 1. The summed E-state index contributed by atoms with van der Waals surface area (Å²) in [6, 6.07) is 19.3. The molecule has 2 aromatic carbocycles. The number of aliphatic imine (C=N–C) groups is 1. The Labute approximate surface area is 167 Å². The Balaban J connectivity index is 1.89. The average Bonchev–Trinajstić information content (AvgIpc) is 3.18. The van der Waals surface area contributed by atoms with Gasteiger partial charge < -0.3 is 0 Å². The highest BCUT2D eigenvalue weighted by molar-refractivity contribution is 8.15. The molecule has 5 rings (SSSR count). The van der Waals surface area contributed by atoms with Crippen LogP contribution >= 0.6 is 11.8 Å². The van der Waals surface area contributed by atoms with E-state index in [1.54, 1.807) is 23.9 Å². The SMILES string of the molecule is CN1C(=O)N(C)C2(c3ccccc3)NN3C(=O)CSC3=NC12c1ccccc1. The van der Waals surface area contributed by atoms with Crippen LogP contribution in [0.25, 0.3) is 0 Å². The van der Waals surface area contributed by atoms with Gasteiger partial charge in [0, 0.05) is 19.7 Å². The highest BCUT2D eigenvalue weighted by atomic mass is 32.2. The fourth-order valence-corrected chi connectivity index (χ4v) is 5.28. The molecule has 7 nitrogen and oxygen atoms in total. The number of carbonyl (C=O) groups excluding carboxylic acids is 2. The number of likely N-dealkylation sites (N-methyl/N-ethyl adjacent to an activating group) is 2. The second-order valence-electron chi connectivity index (χ2n) is 7.04. The van der Waals surface area contributed by atoms with E-state index in [-0.39, 0.29) is 11.9 Å². The minimum Gasteiger partial charge on any atom is -0.299 e. The molecule has 2 fully saturated rings. The van der Waals surface area contributed by atoms with Gasteiger partial charge in [-0.2, -0.15) is 5.43 Å². The summed E-state index contributed by atoms with van der Waals surface area (Å²) in [6.45, 7) is 0. The number of urea groups is 1. The number of amides is 3. The van der Waals surface area contributed by atoms with Crippen molar-refractivity contribution < 1.29 is 9.59 Å². The molecule has 0 aromatic heterocycles. The smallest absolute Gasteiger partial charge is 0.299 e. The van der Waals surface area contributed by atoms with Gasteiger partial charge in [-0.1, -0.05) is 72.4 Å². The third-order valence-electron chi connectivity index (χ3n) is 5.73. The summed E-state index contributed by atoms with van der Waals surface area (Å²) in [5.74, 6) is 0.249. The highest BCUT2D eigenvalue weighted by Crippen LogP contribution is 2.55. The van der Waals surface area contributed by atoms with Crippen molar-refractivity contribution in [3.63, 3.8) is 0 Å². The van der Waals surface area contributed by atoms with Crippen LogP contribution in [0, 0.1) is 0 Å². The number of thioether (sulfide) groups is 1. The fraction of sp³-hybridized carbons (Fsp3) is 0.250. The predicted molar refractivity (Wildman–Crippen MR) is 107 cm³/mol. The van der Waals surface area contributed by atoms with Crippen molar-refractivity contribution in [2.75, 3.05) is 19.8 Å². The first-order valence-corrected chi connectivity index (χ1v) is 9.97. The van der Waals surface area contributed by atoms with Crippen LogP contribution in [0.1, 0.15) is 11.1 Å². The third-order valence-corrected chi connectivity index (χ3v) is 6.65. The van der Waals surface area contributed by atoms with Crippen molar-refractivity contribution in [1.82, 2.24) is 20.2 Å². The summed E-state index contributed by atoms with van der Waals surface area (Å²) < 4.78 is 0. The number of benzene rings is 2. The lowest BCUT2D eigenvalue weighted by atomic mass is 9.80. The Morgan fingerprint density at radius 1 is 0.929 bits per heavy atom. The van der Waals surface area contributed by atoms with Crippen LogP contribution in [-0.2, 0) is 16.1 Å². The topological polar surface area (TPSA) is 68.2 Å². The van der Waals surface area contributed by atoms with Gasteiger partial charge in [-0.05, 0) is 5.56 Å². The zero-order valence-corrected chi connectivity index (χ0v) is 16.3. The third kappa shape index (κ3) is 1.91. The maximum atomic E-state index is 13.3. The number of rotatable bonds is 2. The molecule has 3 aliphatic rings. The van der Waals surface area contributed by atoms with Crippen LogP contribution in [-0.4, -0.2) is 51.8 Å². The van der Waals surface area contributed by atoms with Crippen molar-refractivity contribution in [1.29, 1.82) is 0 Å². The minimum absolute atomic E-state index is 0.0730. The summed E-state index contributed by atoms with van der Waals surface area (Å²) in [5.41, 5.74) is 2.99. The van der Waals surface area contributed by atoms with Gasteiger partial charge in [0.25, 0.3) is 5.91 Å². The second-order valence-corrected chi connectivity index (χ2v) is 7.98. The van der Waals surface area contributed by atoms with Crippen molar-refractivity contribution in [3.8, 4) is 0 Å². The molecule has 0 radical (unpaired) electrons. The monoisotopic (exact) mass is 393 g/mol. The van der Waals surface area contributed by atoms with Gasteiger partial charge >= 0.3 is 6.03 Å². The second kappa shape index (κ2) is 5.83. The van der Waals surface area contributed by atoms with Gasteiger partial charge in [-0.25, -0.2) is 14.8 Å². The van der Waals surface area contributed by atoms with E-state index in [9.17, 15) is 9.59 Å². The molecule has 0 spiro atoms. The first kappa shape index (κ1) is 17.3. The van der Waals surface area contributed by atoms with E-state index in [1.807, 2.05) is 60.7 Å². The van der Waals surface area contributed by atoms with Crippen LogP contribution in [0.5, 0.6) is 0 Å². The molecule has 2 saturated heterocycles. The van der Waals surface area contributed by atoms with Gasteiger partial charge in [0.05, 0.1) is 5.75 Å². The van der Waals surface area contributed by atoms with E-state index in [2.05, 4.69) is 5.43 Å². The van der Waals surface area contributed by atoms with Crippen molar-refractivity contribution in [3.05, 3.63) is 71.8 Å². The number of fused-ring (bicyclic) bond motifs is 2. The van der Waals surface area contributed by atoms with E-state index in [0.717, 1.165) is 11.1 Å². The Bertz CT molecular complexity index is 998. The maximum absolute atomic E-state index is 13.3. The molecule has 1 N–H and O–H groups in total. The summed E-state index contributed by atoms with van der Waals surface area (Å²) in [5, 5.41) is 2.07. The molecule has 2 unspecified atom stereocenters. The van der Waals surface area contributed by atoms with Gasteiger partial charge in [0.2, 0.25) is 5.66 Å². The van der Waals surface area contributed by atoms with Crippen LogP contribution in [0.3, 0.4) is 0 Å². The van der Waals surface area contributed by atoms with Gasteiger partial charge in [-0.3, -0.25) is 14.6 Å². The zero-order chi connectivity index (χ0) is 19.5. The summed E-state index contributed by atoms with van der Waals surface area (Å²) in [7, 11) is 3.51. The van der Waals surface area contributed by atoms with Crippen LogP contribution in [0.15, 0.2) is 65.7 Å². The number of amidine groups is 1. The minimum atomic E-state index is -1.08. The van der Waals surface area contributed by atoms with Crippen LogP contribution in [0.4, 0.5) is 4.79 Å². The molecule has 0 bridgehead atoms. The Hall–Kier alpha value is -2.84. The standard InChI is InChI=1S/C20H19N5O2S/c1-23-18(27)24(2)20(15-11-7-4-8-12-15)19(23,14-9-5-3-6-10-14)21-17-25(22-20)16(26)13-28-17/h3-12,22H,13H2,1-2H3. The molecule has 3 amide bonds. The van der Waals surface area contributed by atoms with E-state index in [0.29, 0.717) is 10.9 Å². The lowest BCUT2D eigenvalue weighted by molar-refractivity contribution is -0.133. The molecule has 8 heteroatoms. The quantitative estimate of drug-likeness (QED) is 0.849. The highest BCUT2D eigenvalue weighted by Gasteiger charge is 2.70. The molecule has 142 valence electrons. The van der Waals surface area contributed by atoms with E-state index in [1.165, 1.54) is 16.8 Å². The number of hydrogen-bond acceptors (Lipinski definition) is 5. The number of carbonyl (C=O) groups is 2. The first-order valence-electron chi connectivity index (χ1n) is 8.98. The first-order chi connectivity index (χ1) is 13.5. The largest absolute Gasteiger partial charge is 0.323 e. The van der Waals surface area contributed by atoms with Crippen molar-refractivity contribution in [2.45, 2.75) is 11.3 Å². The number of nitrogens with zero attached hydrogens (tertiary/aromatic N) is 4. The Morgan fingerprint density at radius 2 is 1.54 bits per heavy atom. The average molecular weight is 393 g/mol. The van der Waals surface area contributed by atoms with Crippen molar-refractivity contribution in [2.24, 2.45) is 4.99 Å². The molecule has 28 heavy (non-hydrogen) atoms. The number of nitrogens with one attached hydrogen (secondary N) is 1. The van der Waals surface area contributed by atoms with Crippen molar-refractivity contribution >= 4 is 28.9 Å². The zero-order valence-electron chi connectivity index (χ0n) is 15.5. The fourth-order valence-electron chi connectivity index (χ4n) is 4.42. The molecular weight excluding hydrogens is 374 g/mol. The predicted octanol–water partition coefficient (Wildman–Crippen LogP) is 2.14. The maximum Gasteiger partial charge on any atom is 0.323 e. The lowest BCUT2D eigenvalue weighted by Crippen LogP contribution is -2.71. The molecule has 0 aliphatic carbocycles. The molecule has 0 saturated carbocycles. The van der Waals surface area contributed by atoms with E-state index in [4.69, 9.17) is 4.99 Å². The van der Waals surface area contributed by atoms with Gasteiger partial charge in [0.1, 0.15) is 0 Å². The molecule has 2 atom stereocenters. The van der Waals surface area contributed by atoms with E-state index >= 15 is 0 Å². The normalized spacial score (nSPS) is 29.1. The Kier molecular flexibility index (Phi) is 3.59. The van der Waals surface area contributed by atoms with Gasteiger partial charge in [-0.15, -0.1) is 0 Å². The molecular formula is C20H19N5O2S. The Morgan fingerprint density at radius 3 is 2.18 bits per heavy atom. The van der Waals surface area contributed by atoms with E-state index < -0.39 is 11.3 Å². The van der Waals surface area contributed by atoms with Crippen LogP contribution in [0.2, 0.25) is 0 Å². The lowest BCUT2D eigenvalue weighted by Gasteiger charge is -2.51. The van der Waals surface area contributed by atoms with Gasteiger partial charge in [0.15, 0.2) is 10.8 Å². The molecule has 3 heterocycles. The van der Waals surface area contributed by atoms with Crippen LogP contribution < -0.4 is 5.43 Å². The molecule has 3 aliphatic heterocycles. The summed E-state index contributed by atoms with van der Waals surface area (Å²) >= 11 is 1.38. The summed E-state index contributed by atoms with van der Waals surface area (Å²) in [6.07, 6.45) is 0. The molecule has 2 aromatic rings. The summed E-state index contributed by atoms with van der Waals surface area (Å²) in [4.78, 5) is 34.2. The number of hydrazine groups is 1.